The summed E-state index contributed by atoms with van der Waals surface area (Å²) in [6.45, 7) is 2.45. The van der Waals surface area contributed by atoms with Gasteiger partial charge in [0.25, 0.3) is 5.92 Å². The second-order valence-corrected chi connectivity index (χ2v) is 3.81. The van der Waals surface area contributed by atoms with E-state index in [-0.39, 0.29) is 18.3 Å². The second kappa shape index (κ2) is 3.27. The van der Waals surface area contributed by atoms with E-state index < -0.39 is 5.92 Å². The van der Waals surface area contributed by atoms with Crippen LogP contribution in [-0.2, 0) is 0 Å². The minimum atomic E-state index is -2.49. The lowest BCUT2D eigenvalue weighted by molar-refractivity contribution is -0.0653. The number of piperidine rings is 1. The van der Waals surface area contributed by atoms with Crippen LogP contribution >= 0.6 is 12.6 Å². The first-order chi connectivity index (χ1) is 5.01. The smallest absolute Gasteiger partial charge is 0.260 e. The number of halogens is 2. The number of rotatable bonds is 1. The number of hydrogen-bond donors (Lipinski definition) is 1. The van der Waals surface area contributed by atoms with Gasteiger partial charge in [-0.25, -0.2) is 8.78 Å². The fourth-order valence-corrected chi connectivity index (χ4v) is 1.51. The highest BCUT2D eigenvalue weighted by Crippen LogP contribution is 2.27. The summed E-state index contributed by atoms with van der Waals surface area (Å²) in [7, 11) is 0. The van der Waals surface area contributed by atoms with E-state index in [4.69, 9.17) is 0 Å². The lowest BCUT2D eigenvalue weighted by atomic mass is 10.1. The van der Waals surface area contributed by atoms with Gasteiger partial charge in [0.2, 0.25) is 0 Å². The molecule has 0 aliphatic carbocycles. The zero-order valence-electron chi connectivity index (χ0n) is 6.56. The van der Waals surface area contributed by atoms with E-state index in [1.54, 1.807) is 4.90 Å². The van der Waals surface area contributed by atoms with Crippen molar-refractivity contribution in [1.82, 2.24) is 4.90 Å². The van der Waals surface area contributed by atoms with Gasteiger partial charge >= 0.3 is 0 Å². The Morgan fingerprint density at radius 2 is 2.18 bits per heavy atom. The van der Waals surface area contributed by atoms with E-state index in [0.29, 0.717) is 6.42 Å². The summed E-state index contributed by atoms with van der Waals surface area (Å²) in [5.41, 5.74) is 0. The maximum absolute atomic E-state index is 12.7. The van der Waals surface area contributed by atoms with Crippen molar-refractivity contribution >= 4 is 12.6 Å². The Kier molecular flexibility index (Phi) is 2.75. The molecule has 0 saturated carbocycles. The van der Waals surface area contributed by atoms with Crippen LogP contribution in [0.2, 0.25) is 0 Å². The molecular weight excluding hydrogens is 168 g/mol. The molecule has 1 rings (SSSR count). The molecule has 0 unspecified atom stereocenters. The van der Waals surface area contributed by atoms with Gasteiger partial charge in [-0.05, 0) is 19.9 Å². The van der Waals surface area contributed by atoms with Crippen LogP contribution in [0.4, 0.5) is 8.78 Å². The monoisotopic (exact) mass is 181 g/mol. The van der Waals surface area contributed by atoms with Gasteiger partial charge in [-0.15, -0.1) is 0 Å². The Labute approximate surface area is 71.2 Å². The highest BCUT2D eigenvalue weighted by Gasteiger charge is 2.35. The van der Waals surface area contributed by atoms with Gasteiger partial charge in [0.15, 0.2) is 0 Å². The predicted molar refractivity (Wildman–Crippen MR) is 44.2 cm³/mol. The first kappa shape index (κ1) is 9.26. The van der Waals surface area contributed by atoms with E-state index in [1.165, 1.54) is 0 Å². The number of likely N-dealkylation sites (tertiary alicyclic amines) is 1. The molecule has 1 saturated heterocycles. The maximum atomic E-state index is 12.7. The van der Waals surface area contributed by atoms with Crippen LogP contribution in [0.15, 0.2) is 0 Å². The van der Waals surface area contributed by atoms with Crippen molar-refractivity contribution in [2.24, 2.45) is 0 Å². The summed E-state index contributed by atoms with van der Waals surface area (Å²) in [4.78, 5) is 1.70. The summed E-state index contributed by atoms with van der Waals surface area (Å²) in [5.74, 6) is -2.49. The van der Waals surface area contributed by atoms with Crippen LogP contribution in [0.3, 0.4) is 0 Å². The Balaban J connectivity index is 2.46. The minimum absolute atomic E-state index is 0.0317. The molecule has 1 aliphatic heterocycles. The van der Waals surface area contributed by atoms with E-state index >= 15 is 0 Å². The van der Waals surface area contributed by atoms with Crippen LogP contribution in [-0.4, -0.2) is 29.3 Å². The molecule has 0 bridgehead atoms. The van der Waals surface area contributed by atoms with Crippen LogP contribution < -0.4 is 0 Å². The molecule has 1 heterocycles. The Hall–Kier alpha value is 0.170. The van der Waals surface area contributed by atoms with Crippen molar-refractivity contribution in [1.29, 1.82) is 0 Å². The fourth-order valence-electron chi connectivity index (χ4n) is 1.31. The highest BCUT2D eigenvalue weighted by atomic mass is 32.1. The third-order valence-electron chi connectivity index (χ3n) is 1.95. The standard InChI is InChI=1S/C7H13F2NS/c1-6(11)10-4-2-3-7(8,9)5-10/h6,11H,2-5H2,1H3/t6-/m0/s1. The molecular formula is C7H13F2NS. The Morgan fingerprint density at radius 1 is 1.55 bits per heavy atom. The molecule has 0 amide bonds. The number of alkyl halides is 2. The summed E-state index contributed by atoms with van der Waals surface area (Å²) < 4.78 is 25.5. The van der Waals surface area contributed by atoms with Crippen molar-refractivity contribution < 1.29 is 8.78 Å². The molecule has 0 spiro atoms. The molecule has 4 heteroatoms. The summed E-state index contributed by atoms with van der Waals surface area (Å²) in [6.07, 6.45) is 0.613. The molecule has 66 valence electrons. The number of nitrogens with zero attached hydrogens (tertiary/aromatic N) is 1. The van der Waals surface area contributed by atoms with E-state index in [1.807, 2.05) is 6.92 Å². The summed E-state index contributed by atoms with van der Waals surface area (Å²) in [6, 6.07) is 0. The second-order valence-electron chi connectivity index (χ2n) is 3.06. The van der Waals surface area contributed by atoms with E-state index in [0.717, 1.165) is 6.54 Å². The topological polar surface area (TPSA) is 3.24 Å². The Morgan fingerprint density at radius 3 is 2.55 bits per heavy atom. The van der Waals surface area contributed by atoms with Crippen LogP contribution in [0.5, 0.6) is 0 Å². The third kappa shape index (κ3) is 2.60. The SMILES string of the molecule is C[C@H](S)N1CCCC(F)(F)C1. The van der Waals surface area contributed by atoms with Gasteiger partial charge in [0.1, 0.15) is 0 Å². The average Bonchev–Trinajstić information content (AvgIpc) is 1.85. The van der Waals surface area contributed by atoms with Crippen LogP contribution in [0, 0.1) is 0 Å². The minimum Gasteiger partial charge on any atom is -0.286 e. The van der Waals surface area contributed by atoms with Gasteiger partial charge in [-0.1, -0.05) is 0 Å². The third-order valence-corrected chi connectivity index (χ3v) is 2.28. The van der Waals surface area contributed by atoms with Gasteiger partial charge in [0.05, 0.1) is 11.9 Å². The van der Waals surface area contributed by atoms with E-state index in [2.05, 4.69) is 12.6 Å². The van der Waals surface area contributed by atoms with Crippen molar-refractivity contribution in [2.75, 3.05) is 13.1 Å². The Bertz CT molecular complexity index is 138. The summed E-state index contributed by atoms with van der Waals surface area (Å²) >= 11 is 4.11. The molecule has 0 aromatic rings. The van der Waals surface area contributed by atoms with Gasteiger partial charge in [-0.3, -0.25) is 4.90 Å². The molecule has 0 N–H and O–H groups in total. The van der Waals surface area contributed by atoms with Gasteiger partial charge < -0.3 is 0 Å². The zero-order valence-corrected chi connectivity index (χ0v) is 7.45. The lowest BCUT2D eigenvalue weighted by Crippen LogP contribution is -2.45. The highest BCUT2D eigenvalue weighted by molar-refractivity contribution is 7.80. The van der Waals surface area contributed by atoms with Crippen LogP contribution in [0.25, 0.3) is 0 Å². The maximum Gasteiger partial charge on any atom is 0.260 e. The molecule has 0 aromatic carbocycles. The molecule has 11 heavy (non-hydrogen) atoms. The van der Waals surface area contributed by atoms with Crippen molar-refractivity contribution in [3.05, 3.63) is 0 Å². The largest absolute Gasteiger partial charge is 0.286 e. The van der Waals surface area contributed by atoms with Gasteiger partial charge in [-0.2, -0.15) is 12.6 Å². The molecule has 1 nitrogen and oxygen atoms in total. The quantitative estimate of drug-likeness (QED) is 0.605. The molecule has 1 atom stereocenters. The van der Waals surface area contributed by atoms with Gasteiger partial charge in [0, 0.05) is 6.42 Å². The number of hydrogen-bond acceptors (Lipinski definition) is 2. The number of thiol groups is 1. The molecule has 1 aliphatic rings. The van der Waals surface area contributed by atoms with Crippen molar-refractivity contribution in [3.8, 4) is 0 Å². The fraction of sp³-hybridized carbons (Fsp3) is 1.00. The van der Waals surface area contributed by atoms with Crippen LogP contribution in [0.1, 0.15) is 19.8 Å². The molecule has 0 aromatic heterocycles. The summed E-state index contributed by atoms with van der Waals surface area (Å²) in [5, 5.41) is -0.0545. The molecule has 1 fully saturated rings. The van der Waals surface area contributed by atoms with E-state index in [9.17, 15) is 8.78 Å². The predicted octanol–water partition coefficient (Wildman–Crippen LogP) is 1.99. The zero-order chi connectivity index (χ0) is 8.48. The van der Waals surface area contributed by atoms with Crippen molar-refractivity contribution in [2.45, 2.75) is 31.1 Å². The van der Waals surface area contributed by atoms with Crippen molar-refractivity contribution in [3.63, 3.8) is 0 Å². The lowest BCUT2D eigenvalue weighted by Gasteiger charge is -2.34. The first-order valence-corrected chi connectivity index (χ1v) is 4.33. The molecule has 0 radical (unpaired) electrons. The average molecular weight is 181 g/mol. The first-order valence-electron chi connectivity index (χ1n) is 3.81. The normalized spacial score (nSPS) is 28.4.